The topological polar surface area (TPSA) is 84.0 Å². The van der Waals surface area contributed by atoms with Gasteiger partial charge in [-0.15, -0.1) is 0 Å². The molecule has 0 saturated heterocycles. The molecule has 104 valence electrons. The van der Waals surface area contributed by atoms with E-state index in [9.17, 15) is 9.59 Å². The predicted octanol–water partition coefficient (Wildman–Crippen LogP) is 1.12. The Hall–Kier alpha value is -1.69. The molecule has 19 heavy (non-hydrogen) atoms. The Morgan fingerprint density at radius 2 is 1.95 bits per heavy atom. The largest absolute Gasteiger partial charge is 0.355 e. The Bertz CT molecular complexity index is 477. The highest BCUT2D eigenvalue weighted by atomic mass is 35.5. The molecule has 1 rings (SSSR count). The van der Waals surface area contributed by atoms with Gasteiger partial charge in [0.25, 0.3) is 5.91 Å². The molecule has 1 aromatic heterocycles. The lowest BCUT2D eigenvalue weighted by Crippen LogP contribution is -2.34. The van der Waals surface area contributed by atoms with Crippen molar-refractivity contribution in [2.45, 2.75) is 26.7 Å². The van der Waals surface area contributed by atoms with Crippen LogP contribution in [0.15, 0.2) is 6.20 Å². The van der Waals surface area contributed by atoms with Gasteiger partial charge in [0.2, 0.25) is 5.91 Å². The van der Waals surface area contributed by atoms with E-state index in [1.54, 1.807) is 0 Å². The van der Waals surface area contributed by atoms with Gasteiger partial charge in [0.1, 0.15) is 11.5 Å². The van der Waals surface area contributed by atoms with E-state index < -0.39 is 0 Å². The molecule has 0 atom stereocenters. The maximum atomic E-state index is 11.9. The van der Waals surface area contributed by atoms with Gasteiger partial charge in [0.05, 0.1) is 11.2 Å². The molecule has 1 aromatic rings. The van der Waals surface area contributed by atoms with Crippen molar-refractivity contribution in [2.75, 3.05) is 13.1 Å². The number of carbonyl (C=O) groups excluding carboxylic acids is 2. The molecular formula is C12H17ClN4O2. The molecule has 0 fully saturated rings. The van der Waals surface area contributed by atoms with Gasteiger partial charge in [-0.1, -0.05) is 25.4 Å². The van der Waals surface area contributed by atoms with Crippen molar-refractivity contribution < 1.29 is 9.59 Å². The van der Waals surface area contributed by atoms with Crippen LogP contribution in [0, 0.1) is 0 Å². The van der Waals surface area contributed by atoms with E-state index in [2.05, 4.69) is 20.6 Å². The molecule has 0 aliphatic heterocycles. The fraction of sp³-hybridized carbons (Fsp3) is 0.500. The minimum absolute atomic E-state index is 0.114. The van der Waals surface area contributed by atoms with Gasteiger partial charge in [-0.3, -0.25) is 9.59 Å². The summed E-state index contributed by atoms with van der Waals surface area (Å²) in [5, 5.41) is 5.42. The van der Waals surface area contributed by atoms with Crippen molar-refractivity contribution in [1.29, 1.82) is 0 Å². The monoisotopic (exact) mass is 284 g/mol. The quantitative estimate of drug-likeness (QED) is 0.794. The third kappa shape index (κ3) is 4.82. The van der Waals surface area contributed by atoms with Crippen molar-refractivity contribution in [3.63, 3.8) is 0 Å². The Morgan fingerprint density at radius 3 is 2.53 bits per heavy atom. The highest BCUT2D eigenvalue weighted by Crippen LogP contribution is 2.15. The maximum absolute atomic E-state index is 11.9. The van der Waals surface area contributed by atoms with Crippen molar-refractivity contribution in [1.82, 2.24) is 20.6 Å². The number of nitrogens with zero attached hydrogens (tertiary/aromatic N) is 2. The van der Waals surface area contributed by atoms with Crippen LogP contribution in [0.1, 0.15) is 43.0 Å². The molecule has 0 aliphatic rings. The Morgan fingerprint density at radius 1 is 1.32 bits per heavy atom. The SMILES string of the molecule is CC(=O)NCCNC(=O)c1nc(C(C)C)ncc1Cl. The van der Waals surface area contributed by atoms with Crippen molar-refractivity contribution in [3.8, 4) is 0 Å². The van der Waals surface area contributed by atoms with Gasteiger partial charge < -0.3 is 10.6 Å². The first-order chi connectivity index (χ1) is 8.91. The first-order valence-electron chi connectivity index (χ1n) is 5.97. The minimum atomic E-state index is -0.375. The minimum Gasteiger partial charge on any atom is -0.355 e. The Kier molecular flexibility index (Phi) is 5.69. The van der Waals surface area contributed by atoms with Crippen LogP contribution in [-0.2, 0) is 4.79 Å². The summed E-state index contributed by atoms with van der Waals surface area (Å²) in [5.41, 5.74) is 0.156. The summed E-state index contributed by atoms with van der Waals surface area (Å²) in [6.45, 7) is 5.96. The molecule has 0 radical (unpaired) electrons. The molecule has 0 aromatic carbocycles. The number of hydrogen-bond acceptors (Lipinski definition) is 4. The first-order valence-corrected chi connectivity index (χ1v) is 6.34. The Labute approximate surface area is 117 Å². The van der Waals surface area contributed by atoms with E-state index in [4.69, 9.17) is 11.6 Å². The molecular weight excluding hydrogens is 268 g/mol. The van der Waals surface area contributed by atoms with Crippen molar-refractivity contribution in [3.05, 3.63) is 22.7 Å². The molecule has 0 bridgehead atoms. The first kappa shape index (κ1) is 15.4. The van der Waals surface area contributed by atoms with Gasteiger partial charge in [0.15, 0.2) is 0 Å². The molecule has 7 heteroatoms. The summed E-state index contributed by atoms with van der Waals surface area (Å²) in [4.78, 5) is 30.8. The zero-order chi connectivity index (χ0) is 14.4. The van der Waals surface area contributed by atoms with Crippen molar-refractivity contribution in [2.24, 2.45) is 0 Å². The van der Waals surface area contributed by atoms with Gasteiger partial charge in [-0.05, 0) is 0 Å². The molecule has 2 N–H and O–H groups in total. The summed E-state index contributed by atoms with van der Waals surface area (Å²) in [7, 11) is 0. The van der Waals surface area contributed by atoms with E-state index in [0.717, 1.165) is 0 Å². The second-order valence-corrected chi connectivity index (χ2v) is 4.73. The molecule has 0 unspecified atom stereocenters. The molecule has 2 amide bonds. The van der Waals surface area contributed by atoms with Gasteiger partial charge in [0, 0.05) is 25.9 Å². The Balaban J connectivity index is 2.65. The zero-order valence-electron chi connectivity index (χ0n) is 11.2. The summed E-state index contributed by atoms with van der Waals surface area (Å²) in [6, 6.07) is 0. The van der Waals surface area contributed by atoms with E-state index in [0.29, 0.717) is 18.9 Å². The van der Waals surface area contributed by atoms with Crippen LogP contribution in [0.4, 0.5) is 0 Å². The predicted molar refractivity (Wildman–Crippen MR) is 72.1 cm³/mol. The maximum Gasteiger partial charge on any atom is 0.271 e. The van der Waals surface area contributed by atoms with Crippen LogP contribution in [0.3, 0.4) is 0 Å². The van der Waals surface area contributed by atoms with Crippen LogP contribution in [0.2, 0.25) is 5.02 Å². The molecule has 0 aliphatic carbocycles. The fourth-order valence-electron chi connectivity index (χ4n) is 1.32. The molecule has 0 spiro atoms. The highest BCUT2D eigenvalue weighted by molar-refractivity contribution is 6.33. The number of halogens is 1. The summed E-state index contributed by atoms with van der Waals surface area (Å²) >= 11 is 5.90. The van der Waals surface area contributed by atoms with E-state index in [1.165, 1.54) is 13.1 Å². The molecule has 0 saturated carbocycles. The van der Waals surface area contributed by atoms with E-state index >= 15 is 0 Å². The second-order valence-electron chi connectivity index (χ2n) is 4.32. The summed E-state index contributed by atoms with van der Waals surface area (Å²) in [6.07, 6.45) is 1.42. The number of nitrogens with one attached hydrogen (secondary N) is 2. The zero-order valence-corrected chi connectivity index (χ0v) is 11.9. The lowest BCUT2D eigenvalue weighted by molar-refractivity contribution is -0.118. The standard InChI is InChI=1S/C12H17ClN4O2/c1-7(2)11-16-6-9(13)10(17-11)12(19)15-5-4-14-8(3)18/h6-7H,4-5H2,1-3H3,(H,14,18)(H,15,19). The second kappa shape index (κ2) is 7.04. The number of rotatable bonds is 5. The van der Waals surface area contributed by atoms with Crippen LogP contribution in [0.25, 0.3) is 0 Å². The highest BCUT2D eigenvalue weighted by Gasteiger charge is 2.14. The van der Waals surface area contributed by atoms with Gasteiger partial charge in [-0.25, -0.2) is 9.97 Å². The average Bonchev–Trinajstić information content (AvgIpc) is 2.34. The lowest BCUT2D eigenvalue weighted by atomic mass is 10.2. The van der Waals surface area contributed by atoms with Crippen LogP contribution in [0.5, 0.6) is 0 Å². The number of hydrogen-bond donors (Lipinski definition) is 2. The van der Waals surface area contributed by atoms with Gasteiger partial charge in [-0.2, -0.15) is 0 Å². The number of carbonyl (C=O) groups is 2. The summed E-state index contributed by atoms with van der Waals surface area (Å²) in [5.74, 6) is 0.163. The fourth-order valence-corrected chi connectivity index (χ4v) is 1.49. The number of aromatic nitrogens is 2. The van der Waals surface area contributed by atoms with Crippen LogP contribution in [-0.4, -0.2) is 34.9 Å². The molecule has 1 heterocycles. The smallest absolute Gasteiger partial charge is 0.271 e. The van der Waals surface area contributed by atoms with E-state index in [1.807, 2.05) is 13.8 Å². The number of amides is 2. The lowest BCUT2D eigenvalue weighted by Gasteiger charge is -2.09. The van der Waals surface area contributed by atoms with Crippen molar-refractivity contribution >= 4 is 23.4 Å². The van der Waals surface area contributed by atoms with Crippen LogP contribution < -0.4 is 10.6 Å². The van der Waals surface area contributed by atoms with E-state index in [-0.39, 0.29) is 28.4 Å². The van der Waals surface area contributed by atoms with Gasteiger partial charge >= 0.3 is 0 Å². The molecule has 6 nitrogen and oxygen atoms in total. The average molecular weight is 285 g/mol. The van der Waals surface area contributed by atoms with Crippen LogP contribution >= 0.6 is 11.6 Å². The summed E-state index contributed by atoms with van der Waals surface area (Å²) < 4.78 is 0. The third-order valence-electron chi connectivity index (χ3n) is 2.28. The third-order valence-corrected chi connectivity index (χ3v) is 2.56. The normalized spacial score (nSPS) is 10.4.